The molecule has 1 saturated heterocycles. The molecule has 0 spiro atoms. The fourth-order valence-electron chi connectivity index (χ4n) is 3.68. The van der Waals surface area contributed by atoms with E-state index in [-0.39, 0.29) is 41.7 Å². The van der Waals surface area contributed by atoms with Crippen LogP contribution in [0, 0.1) is 5.82 Å². The van der Waals surface area contributed by atoms with E-state index in [1.165, 1.54) is 12.1 Å². The number of benzene rings is 2. The largest absolute Gasteiger partial charge is 0.488 e. The Morgan fingerprint density at radius 3 is 2.49 bits per heavy atom. The zero-order chi connectivity index (χ0) is 26.2. The van der Waals surface area contributed by atoms with E-state index in [0.29, 0.717) is 37.9 Å². The van der Waals surface area contributed by atoms with E-state index in [1.807, 2.05) is 4.90 Å². The number of nitrogens with zero attached hydrogens (tertiary/aromatic N) is 3. The number of hydrogen-bond donors (Lipinski definition) is 1. The number of hydrogen-bond acceptors (Lipinski definition) is 9. The number of anilines is 2. The molecule has 0 radical (unpaired) electrons. The van der Waals surface area contributed by atoms with Crippen molar-refractivity contribution in [1.82, 2.24) is 9.97 Å². The summed E-state index contributed by atoms with van der Waals surface area (Å²) in [6, 6.07) is 12.5. The summed E-state index contributed by atoms with van der Waals surface area (Å²) >= 11 is 0. The second-order valence-corrected chi connectivity index (χ2v) is 7.82. The first kappa shape index (κ1) is 25.8. The highest BCUT2D eigenvalue weighted by Gasteiger charge is 2.28. The van der Waals surface area contributed by atoms with Crippen LogP contribution in [0.3, 0.4) is 0 Å². The summed E-state index contributed by atoms with van der Waals surface area (Å²) in [6.07, 6.45) is -0.769. The summed E-state index contributed by atoms with van der Waals surface area (Å²) in [7, 11) is 0. The van der Waals surface area contributed by atoms with Gasteiger partial charge in [-0.2, -0.15) is 0 Å². The minimum absolute atomic E-state index is 0.0242. The van der Waals surface area contributed by atoms with Gasteiger partial charge in [-0.3, -0.25) is 5.32 Å². The van der Waals surface area contributed by atoms with Crippen molar-refractivity contribution in [3.8, 4) is 22.9 Å². The van der Waals surface area contributed by atoms with Gasteiger partial charge >= 0.3 is 12.1 Å². The fraction of sp³-hybridized carbons (Fsp3) is 0.308. The van der Waals surface area contributed by atoms with Gasteiger partial charge in [0.25, 0.3) is 0 Å². The van der Waals surface area contributed by atoms with E-state index in [1.54, 1.807) is 44.2 Å². The number of para-hydroxylation sites is 1. The molecule has 0 unspecified atom stereocenters. The van der Waals surface area contributed by atoms with Crippen molar-refractivity contribution in [2.24, 2.45) is 0 Å². The number of rotatable bonds is 8. The first-order valence-corrected chi connectivity index (χ1v) is 11.9. The topological polar surface area (TPSA) is 112 Å². The van der Waals surface area contributed by atoms with Crippen LogP contribution in [0.4, 0.5) is 20.7 Å². The molecule has 0 saturated carbocycles. The van der Waals surface area contributed by atoms with Crippen molar-refractivity contribution in [3.63, 3.8) is 0 Å². The molecule has 1 aliphatic rings. The zero-order valence-electron chi connectivity index (χ0n) is 20.5. The third-order valence-corrected chi connectivity index (χ3v) is 5.33. The van der Waals surface area contributed by atoms with Gasteiger partial charge in [-0.25, -0.2) is 23.9 Å². The lowest BCUT2D eigenvalue weighted by molar-refractivity contribution is 0.0514. The zero-order valence-corrected chi connectivity index (χ0v) is 20.5. The smallest absolute Gasteiger partial charge is 0.417 e. The molecule has 0 aliphatic carbocycles. The van der Waals surface area contributed by atoms with Crippen molar-refractivity contribution in [2.75, 3.05) is 49.7 Å². The van der Waals surface area contributed by atoms with Crippen molar-refractivity contribution < 1.29 is 32.9 Å². The van der Waals surface area contributed by atoms with Crippen LogP contribution in [0.5, 0.6) is 11.5 Å². The second-order valence-electron chi connectivity index (χ2n) is 7.82. The maximum Gasteiger partial charge on any atom is 0.417 e. The highest BCUT2D eigenvalue weighted by Crippen LogP contribution is 2.34. The monoisotopic (exact) mass is 510 g/mol. The van der Waals surface area contributed by atoms with E-state index < -0.39 is 17.9 Å². The summed E-state index contributed by atoms with van der Waals surface area (Å²) in [5, 5.41) is 2.49. The van der Waals surface area contributed by atoms with Gasteiger partial charge in [0.1, 0.15) is 11.6 Å². The lowest BCUT2D eigenvalue weighted by Crippen LogP contribution is -2.37. The minimum Gasteiger partial charge on any atom is -0.488 e. The lowest BCUT2D eigenvalue weighted by Gasteiger charge is -2.29. The number of ether oxygens (including phenoxy) is 4. The number of carbonyl (C=O) groups excluding carboxylic acids is 2. The number of halogens is 1. The molecule has 4 rings (SSSR count). The van der Waals surface area contributed by atoms with Gasteiger partial charge < -0.3 is 23.8 Å². The Balaban J connectivity index is 1.67. The highest BCUT2D eigenvalue weighted by atomic mass is 19.1. The van der Waals surface area contributed by atoms with Crippen molar-refractivity contribution in [2.45, 2.75) is 13.8 Å². The molecule has 0 atom stereocenters. The van der Waals surface area contributed by atoms with Crippen LogP contribution in [-0.4, -0.2) is 61.5 Å². The molecule has 0 bridgehead atoms. The van der Waals surface area contributed by atoms with Gasteiger partial charge in [0.15, 0.2) is 23.1 Å². The van der Waals surface area contributed by atoms with Crippen LogP contribution >= 0.6 is 0 Å². The first-order chi connectivity index (χ1) is 18.0. The lowest BCUT2D eigenvalue weighted by atomic mass is 10.1. The molecular weight excluding hydrogens is 483 g/mol. The molecule has 1 N–H and O–H groups in total. The van der Waals surface area contributed by atoms with E-state index in [0.717, 1.165) is 6.07 Å². The number of morpholine rings is 1. The molecule has 1 aromatic heterocycles. The van der Waals surface area contributed by atoms with Gasteiger partial charge in [-0.05, 0) is 44.2 Å². The van der Waals surface area contributed by atoms with Crippen LogP contribution in [0.1, 0.15) is 24.3 Å². The van der Waals surface area contributed by atoms with Crippen molar-refractivity contribution in [1.29, 1.82) is 0 Å². The number of nitrogens with one attached hydrogen (secondary N) is 1. The maximum atomic E-state index is 15.3. The number of esters is 1. The molecule has 10 nitrogen and oxygen atoms in total. The summed E-state index contributed by atoms with van der Waals surface area (Å²) in [4.78, 5) is 35.8. The second kappa shape index (κ2) is 12.1. The molecular formula is C26H27FN4O6. The molecule has 1 amide bonds. The Bertz CT molecular complexity index is 1250. The molecule has 1 fully saturated rings. The number of amides is 1. The van der Waals surface area contributed by atoms with E-state index in [4.69, 9.17) is 18.9 Å². The predicted octanol–water partition coefficient (Wildman–Crippen LogP) is 4.31. The Hall–Kier alpha value is -4.25. The average Bonchev–Trinajstić information content (AvgIpc) is 2.90. The van der Waals surface area contributed by atoms with Crippen LogP contribution in [0.15, 0.2) is 48.5 Å². The summed E-state index contributed by atoms with van der Waals surface area (Å²) in [5.41, 5.74) is 0.112. The van der Waals surface area contributed by atoms with Crippen LogP contribution in [0.25, 0.3) is 11.4 Å². The van der Waals surface area contributed by atoms with Crippen molar-refractivity contribution >= 4 is 23.6 Å². The maximum absolute atomic E-state index is 15.3. The van der Waals surface area contributed by atoms with E-state index >= 15 is 4.39 Å². The molecule has 194 valence electrons. The Kier molecular flexibility index (Phi) is 8.47. The van der Waals surface area contributed by atoms with Gasteiger partial charge in [0.2, 0.25) is 0 Å². The van der Waals surface area contributed by atoms with Crippen LogP contribution in [-0.2, 0) is 9.47 Å². The number of aromatic nitrogens is 2. The average molecular weight is 511 g/mol. The molecule has 11 heteroatoms. The third-order valence-electron chi connectivity index (χ3n) is 5.33. The van der Waals surface area contributed by atoms with E-state index in [9.17, 15) is 9.59 Å². The SMILES string of the molecule is CCOC(=O)c1nc(-c2ccc(NC(=O)Oc3ccccc3)cc2F)nc(N2CCOCC2)c1OCC. The summed E-state index contributed by atoms with van der Waals surface area (Å²) < 4.78 is 36.8. The Labute approximate surface area is 213 Å². The standard InChI is InChI=1S/C26H27FN4O6/c1-3-35-22-21(25(32)36-4-2)29-23(30-24(22)31-12-14-34-15-13-31)19-11-10-17(16-20(19)27)28-26(33)37-18-8-6-5-7-9-18/h5-11,16H,3-4,12-15H2,1-2H3,(H,28,33). The molecule has 37 heavy (non-hydrogen) atoms. The molecule has 2 heterocycles. The quantitative estimate of drug-likeness (QED) is 0.443. The Morgan fingerprint density at radius 1 is 1.05 bits per heavy atom. The third kappa shape index (κ3) is 6.31. The van der Waals surface area contributed by atoms with Gasteiger partial charge in [-0.1, -0.05) is 18.2 Å². The number of carbonyl (C=O) groups is 2. The van der Waals surface area contributed by atoms with Crippen molar-refractivity contribution in [3.05, 3.63) is 60.0 Å². The van der Waals surface area contributed by atoms with Crippen LogP contribution < -0.4 is 19.7 Å². The van der Waals surface area contributed by atoms with Gasteiger partial charge in [-0.15, -0.1) is 0 Å². The summed E-state index contributed by atoms with van der Waals surface area (Å²) in [6.45, 7) is 5.80. The van der Waals surface area contributed by atoms with Gasteiger partial charge in [0, 0.05) is 18.8 Å². The predicted molar refractivity (Wildman–Crippen MR) is 134 cm³/mol. The van der Waals surface area contributed by atoms with Gasteiger partial charge in [0.05, 0.1) is 32.0 Å². The normalized spacial score (nSPS) is 13.1. The Morgan fingerprint density at radius 2 is 1.81 bits per heavy atom. The highest BCUT2D eigenvalue weighted by molar-refractivity contribution is 5.93. The minimum atomic E-state index is -0.769. The van der Waals surface area contributed by atoms with E-state index in [2.05, 4.69) is 15.3 Å². The molecule has 3 aromatic rings. The molecule has 2 aromatic carbocycles. The fourth-order valence-corrected chi connectivity index (χ4v) is 3.68. The first-order valence-electron chi connectivity index (χ1n) is 11.9. The van der Waals surface area contributed by atoms with Crippen LogP contribution in [0.2, 0.25) is 0 Å². The summed E-state index contributed by atoms with van der Waals surface area (Å²) in [5.74, 6) is -0.554. The molecule has 1 aliphatic heterocycles.